The largest absolute Gasteiger partial charge is 0.497 e. The summed E-state index contributed by atoms with van der Waals surface area (Å²) in [5.41, 5.74) is 2.80. The number of nitrogens with one attached hydrogen (secondary N) is 1. The van der Waals surface area contributed by atoms with Gasteiger partial charge in [-0.05, 0) is 61.7 Å². The average molecular weight is 379 g/mol. The quantitative estimate of drug-likeness (QED) is 0.800. The van der Waals surface area contributed by atoms with E-state index < -0.39 is 10.0 Å². The maximum absolute atomic E-state index is 12.9. The predicted molar refractivity (Wildman–Crippen MR) is 101 cm³/mol. The Hall–Kier alpha value is -2.25. The van der Waals surface area contributed by atoms with Crippen molar-refractivity contribution in [2.24, 2.45) is 0 Å². The van der Waals surface area contributed by atoms with Crippen LogP contribution in [0.2, 0.25) is 0 Å². The fourth-order valence-electron chi connectivity index (χ4n) is 2.91. The molecule has 0 spiro atoms. The van der Waals surface area contributed by atoms with Gasteiger partial charge in [0, 0.05) is 12.1 Å². The van der Waals surface area contributed by atoms with Crippen LogP contribution in [0.1, 0.15) is 22.3 Å². The third-order valence-corrected chi connectivity index (χ3v) is 6.10. The minimum atomic E-state index is -3.71. The van der Waals surface area contributed by atoms with Crippen molar-refractivity contribution in [2.75, 3.05) is 21.3 Å². The molecule has 0 atom stereocenters. The molecule has 0 heterocycles. The van der Waals surface area contributed by atoms with Crippen LogP contribution in [0.25, 0.3) is 0 Å². The fraction of sp³-hybridized carbons (Fsp3) is 0.368. The van der Waals surface area contributed by atoms with Gasteiger partial charge in [0.25, 0.3) is 0 Å². The van der Waals surface area contributed by atoms with E-state index >= 15 is 0 Å². The molecule has 0 aliphatic carbocycles. The van der Waals surface area contributed by atoms with E-state index in [1.165, 1.54) is 0 Å². The number of ether oxygens (including phenoxy) is 3. The van der Waals surface area contributed by atoms with E-state index in [0.717, 1.165) is 5.56 Å². The van der Waals surface area contributed by atoms with Crippen LogP contribution in [-0.2, 0) is 16.6 Å². The Morgan fingerprint density at radius 2 is 1.54 bits per heavy atom. The summed E-state index contributed by atoms with van der Waals surface area (Å²) in [7, 11) is 0.959. The summed E-state index contributed by atoms with van der Waals surface area (Å²) in [4.78, 5) is 0.276. The maximum atomic E-state index is 12.9. The highest BCUT2D eigenvalue weighted by atomic mass is 32.2. The highest BCUT2D eigenvalue weighted by Gasteiger charge is 2.23. The number of hydrogen-bond donors (Lipinski definition) is 1. The standard InChI is InChI=1S/C19H25NO5S/c1-12-9-18(25-6)13(2)14(3)19(12)26(21,22)20-11-15-10-16(23-4)7-8-17(15)24-5/h7-10,20H,11H2,1-6H3. The molecule has 0 saturated heterocycles. The second-order valence-electron chi connectivity index (χ2n) is 5.98. The predicted octanol–water partition coefficient (Wildman–Crippen LogP) is 3.12. The molecule has 2 aromatic carbocycles. The lowest BCUT2D eigenvalue weighted by atomic mass is 10.1. The van der Waals surface area contributed by atoms with Gasteiger partial charge in [-0.3, -0.25) is 0 Å². The van der Waals surface area contributed by atoms with Crippen molar-refractivity contribution < 1.29 is 22.6 Å². The van der Waals surface area contributed by atoms with Crippen LogP contribution in [0.3, 0.4) is 0 Å². The lowest BCUT2D eigenvalue weighted by Crippen LogP contribution is -2.25. The highest BCUT2D eigenvalue weighted by molar-refractivity contribution is 7.89. The summed E-state index contributed by atoms with van der Waals surface area (Å²) in [6.07, 6.45) is 0. The van der Waals surface area contributed by atoms with Crippen LogP contribution >= 0.6 is 0 Å². The second kappa shape index (κ2) is 7.97. The first kappa shape index (κ1) is 20.1. The Labute approximate surface area is 155 Å². The molecule has 6 nitrogen and oxygen atoms in total. The first-order valence-electron chi connectivity index (χ1n) is 8.10. The summed E-state index contributed by atoms with van der Waals surface area (Å²) in [6.45, 7) is 5.48. The maximum Gasteiger partial charge on any atom is 0.241 e. The van der Waals surface area contributed by atoms with Crippen LogP contribution in [0.15, 0.2) is 29.2 Å². The summed E-state index contributed by atoms with van der Waals surface area (Å²) < 4.78 is 44.3. The first-order valence-corrected chi connectivity index (χ1v) is 9.58. The Balaban J connectivity index is 2.38. The van der Waals surface area contributed by atoms with Gasteiger partial charge in [-0.2, -0.15) is 0 Å². The van der Waals surface area contributed by atoms with Crippen molar-refractivity contribution in [3.05, 3.63) is 46.5 Å². The van der Waals surface area contributed by atoms with Gasteiger partial charge in [0.15, 0.2) is 0 Å². The number of benzene rings is 2. The highest BCUT2D eigenvalue weighted by Crippen LogP contribution is 2.31. The molecular weight excluding hydrogens is 354 g/mol. The molecule has 0 radical (unpaired) electrons. The molecule has 2 rings (SSSR count). The van der Waals surface area contributed by atoms with Gasteiger partial charge in [-0.25, -0.2) is 13.1 Å². The lowest BCUT2D eigenvalue weighted by Gasteiger charge is -2.17. The molecule has 0 fully saturated rings. The van der Waals surface area contributed by atoms with E-state index in [1.54, 1.807) is 59.4 Å². The summed E-state index contributed by atoms with van der Waals surface area (Å²) in [5.74, 6) is 1.90. The number of sulfonamides is 1. The Kier molecular flexibility index (Phi) is 6.15. The Morgan fingerprint density at radius 3 is 2.12 bits per heavy atom. The molecule has 142 valence electrons. The van der Waals surface area contributed by atoms with Crippen LogP contribution in [-0.4, -0.2) is 29.7 Å². The molecule has 0 aliphatic heterocycles. The van der Waals surface area contributed by atoms with Gasteiger partial charge in [0.05, 0.1) is 26.2 Å². The SMILES string of the molecule is COc1ccc(OC)c(CNS(=O)(=O)c2c(C)cc(OC)c(C)c2C)c1. The van der Waals surface area contributed by atoms with Gasteiger partial charge in [-0.15, -0.1) is 0 Å². The van der Waals surface area contributed by atoms with Crippen molar-refractivity contribution in [3.63, 3.8) is 0 Å². The summed E-state index contributed by atoms with van der Waals surface area (Å²) >= 11 is 0. The molecule has 26 heavy (non-hydrogen) atoms. The molecule has 1 N–H and O–H groups in total. The van der Waals surface area contributed by atoms with Crippen molar-refractivity contribution >= 4 is 10.0 Å². The zero-order chi connectivity index (χ0) is 19.5. The molecular formula is C19H25NO5S. The molecule has 0 aliphatic rings. The third-order valence-electron chi connectivity index (χ3n) is 4.41. The molecule has 0 bridgehead atoms. The Morgan fingerprint density at radius 1 is 0.885 bits per heavy atom. The molecule has 0 aromatic heterocycles. The smallest absolute Gasteiger partial charge is 0.241 e. The van der Waals surface area contributed by atoms with Gasteiger partial charge in [0.1, 0.15) is 17.2 Å². The average Bonchev–Trinajstić information content (AvgIpc) is 2.62. The second-order valence-corrected chi connectivity index (χ2v) is 7.68. The van der Waals surface area contributed by atoms with Gasteiger partial charge < -0.3 is 14.2 Å². The minimum absolute atomic E-state index is 0.0899. The number of hydrogen-bond acceptors (Lipinski definition) is 5. The van der Waals surface area contributed by atoms with E-state index in [-0.39, 0.29) is 11.4 Å². The first-order chi connectivity index (χ1) is 12.2. The fourth-order valence-corrected chi connectivity index (χ4v) is 4.44. The van der Waals surface area contributed by atoms with Crippen molar-refractivity contribution in [1.29, 1.82) is 0 Å². The minimum Gasteiger partial charge on any atom is -0.497 e. The molecule has 7 heteroatoms. The monoisotopic (exact) mass is 379 g/mol. The van der Waals surface area contributed by atoms with Crippen molar-refractivity contribution in [2.45, 2.75) is 32.2 Å². The van der Waals surface area contributed by atoms with Gasteiger partial charge in [-0.1, -0.05) is 0 Å². The van der Waals surface area contributed by atoms with Crippen LogP contribution in [0, 0.1) is 20.8 Å². The number of methoxy groups -OCH3 is 3. The number of rotatable bonds is 7. The van der Waals surface area contributed by atoms with E-state index in [0.29, 0.717) is 33.9 Å². The van der Waals surface area contributed by atoms with Crippen LogP contribution in [0.5, 0.6) is 17.2 Å². The molecule has 2 aromatic rings. The molecule has 0 amide bonds. The van der Waals surface area contributed by atoms with Crippen LogP contribution < -0.4 is 18.9 Å². The van der Waals surface area contributed by atoms with Crippen LogP contribution in [0.4, 0.5) is 0 Å². The lowest BCUT2D eigenvalue weighted by molar-refractivity contribution is 0.398. The zero-order valence-corrected chi connectivity index (χ0v) is 16.8. The topological polar surface area (TPSA) is 73.9 Å². The summed E-state index contributed by atoms with van der Waals surface area (Å²) in [5, 5.41) is 0. The summed E-state index contributed by atoms with van der Waals surface area (Å²) in [6, 6.07) is 7.00. The zero-order valence-electron chi connectivity index (χ0n) is 16.0. The van der Waals surface area contributed by atoms with Gasteiger partial charge in [0.2, 0.25) is 10.0 Å². The third kappa shape index (κ3) is 3.94. The number of aryl methyl sites for hydroxylation is 1. The van der Waals surface area contributed by atoms with Crippen molar-refractivity contribution in [1.82, 2.24) is 4.72 Å². The molecule has 0 unspecified atom stereocenters. The van der Waals surface area contributed by atoms with Gasteiger partial charge >= 0.3 is 0 Å². The molecule has 0 saturated carbocycles. The van der Waals surface area contributed by atoms with E-state index in [9.17, 15) is 8.42 Å². The normalized spacial score (nSPS) is 11.3. The van der Waals surface area contributed by atoms with E-state index in [4.69, 9.17) is 14.2 Å². The Bertz CT molecular complexity index is 907. The van der Waals surface area contributed by atoms with E-state index in [1.807, 2.05) is 6.92 Å². The van der Waals surface area contributed by atoms with Crippen molar-refractivity contribution in [3.8, 4) is 17.2 Å². The van der Waals surface area contributed by atoms with E-state index in [2.05, 4.69) is 4.72 Å².